The van der Waals surface area contributed by atoms with Crippen molar-refractivity contribution >= 4 is 5.97 Å². The first-order valence-corrected chi connectivity index (χ1v) is 2.66. The van der Waals surface area contributed by atoms with E-state index in [0.717, 1.165) is 6.08 Å². The Labute approximate surface area is 53.6 Å². The molecule has 3 nitrogen and oxygen atoms in total. The topological polar surface area (TPSA) is 57.5 Å². The van der Waals surface area contributed by atoms with Crippen LogP contribution < -0.4 is 0 Å². The van der Waals surface area contributed by atoms with Gasteiger partial charge in [-0.25, -0.2) is 4.79 Å². The number of carboxylic acid groups (broad SMARTS) is 1. The first kappa shape index (κ1) is 8.17. The summed E-state index contributed by atoms with van der Waals surface area (Å²) in [6.07, 6.45) is 1.17. The lowest BCUT2D eigenvalue weighted by atomic mass is 10.0. The van der Waals surface area contributed by atoms with Crippen molar-refractivity contribution in [3.05, 3.63) is 12.7 Å². The third-order valence-electron chi connectivity index (χ3n) is 1.25. The number of hydrogen-bond acceptors (Lipinski definition) is 2. The summed E-state index contributed by atoms with van der Waals surface area (Å²) in [7, 11) is 0. The van der Waals surface area contributed by atoms with Gasteiger partial charge in [0.25, 0.3) is 0 Å². The van der Waals surface area contributed by atoms with E-state index in [9.17, 15) is 4.79 Å². The van der Waals surface area contributed by atoms with E-state index in [4.69, 9.17) is 10.2 Å². The predicted molar refractivity (Wildman–Crippen MR) is 33.1 cm³/mol. The highest BCUT2D eigenvalue weighted by Crippen LogP contribution is 2.09. The van der Waals surface area contributed by atoms with Gasteiger partial charge in [0.2, 0.25) is 0 Å². The number of hydrogen-bond donors (Lipinski definition) is 2. The quantitative estimate of drug-likeness (QED) is 0.543. The molecular weight excluding hydrogens is 120 g/mol. The molecule has 1 atom stereocenters. The Bertz CT molecular complexity index is 130. The number of aliphatic carboxylic acids is 1. The van der Waals surface area contributed by atoms with E-state index in [1.165, 1.54) is 0 Å². The van der Waals surface area contributed by atoms with E-state index in [0.29, 0.717) is 0 Å². The lowest BCUT2D eigenvalue weighted by molar-refractivity contribution is -0.153. The Kier molecular flexibility index (Phi) is 2.40. The van der Waals surface area contributed by atoms with Crippen LogP contribution in [-0.4, -0.2) is 21.8 Å². The van der Waals surface area contributed by atoms with Gasteiger partial charge in [-0.15, -0.1) is 0 Å². The van der Waals surface area contributed by atoms with Gasteiger partial charge in [0, 0.05) is 0 Å². The average Bonchev–Trinajstić information content (AvgIpc) is 1.86. The van der Waals surface area contributed by atoms with Gasteiger partial charge >= 0.3 is 5.97 Å². The molecule has 0 aliphatic carbocycles. The number of aliphatic hydroxyl groups is 1. The van der Waals surface area contributed by atoms with Crippen LogP contribution in [0.25, 0.3) is 0 Å². The van der Waals surface area contributed by atoms with Crippen molar-refractivity contribution in [3.63, 3.8) is 0 Å². The zero-order chi connectivity index (χ0) is 7.49. The fourth-order valence-corrected chi connectivity index (χ4v) is 0.383. The number of carboxylic acids is 1. The summed E-state index contributed by atoms with van der Waals surface area (Å²) in [6.45, 7) is 4.77. The van der Waals surface area contributed by atoms with Crippen LogP contribution in [0.1, 0.15) is 13.3 Å². The molecule has 0 amide bonds. The van der Waals surface area contributed by atoms with Crippen molar-refractivity contribution in [1.82, 2.24) is 0 Å². The standard InChI is InChI=1S/C6H10O3/c1-3-6(9,4-2)5(7)8/h3,9H,1,4H2,2H3,(H,7,8). The van der Waals surface area contributed by atoms with Gasteiger partial charge in [-0.3, -0.25) is 0 Å². The minimum Gasteiger partial charge on any atom is -0.479 e. The molecular formula is C6H10O3. The van der Waals surface area contributed by atoms with Crippen LogP contribution in [0, 0.1) is 0 Å². The zero-order valence-electron chi connectivity index (χ0n) is 5.29. The van der Waals surface area contributed by atoms with Gasteiger partial charge < -0.3 is 10.2 Å². The van der Waals surface area contributed by atoms with E-state index < -0.39 is 11.6 Å². The maximum atomic E-state index is 10.2. The lowest BCUT2D eigenvalue weighted by Gasteiger charge is -2.14. The number of carbonyl (C=O) groups is 1. The molecule has 3 heteroatoms. The van der Waals surface area contributed by atoms with Gasteiger partial charge in [-0.1, -0.05) is 13.5 Å². The second kappa shape index (κ2) is 2.64. The van der Waals surface area contributed by atoms with E-state index in [1.54, 1.807) is 6.92 Å². The van der Waals surface area contributed by atoms with Crippen LogP contribution in [-0.2, 0) is 4.79 Å². The maximum Gasteiger partial charge on any atom is 0.339 e. The van der Waals surface area contributed by atoms with Crippen molar-refractivity contribution in [1.29, 1.82) is 0 Å². The minimum atomic E-state index is -1.74. The normalized spacial score (nSPS) is 16.2. The molecule has 0 aromatic heterocycles. The molecule has 52 valence electrons. The third-order valence-corrected chi connectivity index (χ3v) is 1.25. The highest BCUT2D eigenvalue weighted by Gasteiger charge is 2.29. The summed E-state index contributed by atoms with van der Waals surface area (Å²) in [6, 6.07) is 0. The minimum absolute atomic E-state index is 0.145. The second-order valence-corrected chi connectivity index (χ2v) is 1.79. The van der Waals surface area contributed by atoms with Crippen molar-refractivity contribution in [2.24, 2.45) is 0 Å². The first-order chi connectivity index (χ1) is 4.06. The monoisotopic (exact) mass is 130 g/mol. The molecule has 1 unspecified atom stereocenters. The molecule has 0 aliphatic rings. The van der Waals surface area contributed by atoms with Crippen LogP contribution >= 0.6 is 0 Å². The summed E-state index contributed by atoms with van der Waals surface area (Å²) in [4.78, 5) is 10.2. The molecule has 0 radical (unpaired) electrons. The average molecular weight is 130 g/mol. The SMILES string of the molecule is C=CC(O)(CC)C(=O)O. The van der Waals surface area contributed by atoms with Crippen molar-refractivity contribution in [2.45, 2.75) is 18.9 Å². The van der Waals surface area contributed by atoms with Gasteiger partial charge in [-0.05, 0) is 12.5 Å². The Balaban J connectivity index is 4.27. The largest absolute Gasteiger partial charge is 0.479 e. The van der Waals surface area contributed by atoms with Crippen molar-refractivity contribution < 1.29 is 15.0 Å². The highest BCUT2D eigenvalue weighted by atomic mass is 16.4. The molecule has 0 saturated carbocycles. The highest BCUT2D eigenvalue weighted by molar-refractivity contribution is 5.79. The Morgan fingerprint density at radius 2 is 2.33 bits per heavy atom. The van der Waals surface area contributed by atoms with Crippen LogP contribution in [0.5, 0.6) is 0 Å². The predicted octanol–water partition coefficient (Wildman–Crippen LogP) is 0.398. The molecule has 0 aromatic rings. The summed E-state index contributed by atoms with van der Waals surface area (Å²) < 4.78 is 0. The molecule has 0 aliphatic heterocycles. The third kappa shape index (κ3) is 1.54. The van der Waals surface area contributed by atoms with Gasteiger partial charge in [0.1, 0.15) is 0 Å². The molecule has 0 spiro atoms. The second-order valence-electron chi connectivity index (χ2n) is 1.79. The van der Waals surface area contributed by atoms with Crippen LogP contribution in [0.2, 0.25) is 0 Å². The van der Waals surface area contributed by atoms with Gasteiger partial charge in [-0.2, -0.15) is 0 Å². The van der Waals surface area contributed by atoms with Crippen LogP contribution in [0.4, 0.5) is 0 Å². The summed E-state index contributed by atoms with van der Waals surface area (Å²) in [5, 5.41) is 17.3. The number of rotatable bonds is 3. The van der Waals surface area contributed by atoms with Crippen LogP contribution in [0.15, 0.2) is 12.7 Å². The van der Waals surface area contributed by atoms with Crippen molar-refractivity contribution in [3.8, 4) is 0 Å². The Morgan fingerprint density at radius 3 is 2.33 bits per heavy atom. The smallest absolute Gasteiger partial charge is 0.339 e. The van der Waals surface area contributed by atoms with E-state index in [-0.39, 0.29) is 6.42 Å². The summed E-state index contributed by atoms with van der Waals surface area (Å²) >= 11 is 0. The zero-order valence-corrected chi connectivity index (χ0v) is 5.29. The fourth-order valence-electron chi connectivity index (χ4n) is 0.383. The van der Waals surface area contributed by atoms with E-state index in [1.807, 2.05) is 0 Å². The van der Waals surface area contributed by atoms with Gasteiger partial charge in [0.15, 0.2) is 5.60 Å². The van der Waals surface area contributed by atoms with Crippen molar-refractivity contribution in [2.75, 3.05) is 0 Å². The Hall–Kier alpha value is -0.830. The fraction of sp³-hybridized carbons (Fsp3) is 0.500. The summed E-state index contributed by atoms with van der Waals surface area (Å²) in [5.74, 6) is -1.25. The molecule has 0 rings (SSSR count). The molecule has 0 aromatic carbocycles. The molecule has 0 saturated heterocycles. The molecule has 0 heterocycles. The Morgan fingerprint density at radius 1 is 1.89 bits per heavy atom. The van der Waals surface area contributed by atoms with E-state index >= 15 is 0 Å². The summed E-state index contributed by atoms with van der Waals surface area (Å²) in [5.41, 5.74) is -1.74. The lowest BCUT2D eigenvalue weighted by Crippen LogP contribution is -2.34. The molecule has 9 heavy (non-hydrogen) atoms. The molecule has 2 N–H and O–H groups in total. The first-order valence-electron chi connectivity index (χ1n) is 2.66. The maximum absolute atomic E-state index is 10.2. The molecule has 0 bridgehead atoms. The van der Waals surface area contributed by atoms with E-state index in [2.05, 4.69) is 6.58 Å². The van der Waals surface area contributed by atoms with Gasteiger partial charge in [0.05, 0.1) is 0 Å². The van der Waals surface area contributed by atoms with Crippen LogP contribution in [0.3, 0.4) is 0 Å². The molecule has 0 fully saturated rings.